The summed E-state index contributed by atoms with van der Waals surface area (Å²) in [5.41, 5.74) is 2.65. The van der Waals surface area contributed by atoms with Gasteiger partial charge in [0.1, 0.15) is 5.82 Å². The van der Waals surface area contributed by atoms with E-state index in [4.69, 9.17) is 11.6 Å². The predicted octanol–water partition coefficient (Wildman–Crippen LogP) is 6.45. The Morgan fingerprint density at radius 2 is 1.48 bits per heavy atom. The molecule has 0 unspecified atom stereocenters. The molecule has 0 bridgehead atoms. The van der Waals surface area contributed by atoms with Crippen molar-refractivity contribution in [2.24, 2.45) is 0 Å². The fourth-order valence-electron chi connectivity index (χ4n) is 5.65. The lowest BCUT2D eigenvalue weighted by Crippen LogP contribution is -2.50. The topological polar surface area (TPSA) is 68.8 Å². The highest BCUT2D eigenvalue weighted by Crippen LogP contribution is 2.37. The number of pyridine rings is 1. The average molecular weight is 620 g/mol. The van der Waals surface area contributed by atoms with Gasteiger partial charge in [0.05, 0.1) is 11.3 Å². The molecule has 1 fully saturated rings. The van der Waals surface area contributed by atoms with Crippen LogP contribution in [0.5, 0.6) is 0 Å². The van der Waals surface area contributed by atoms with Gasteiger partial charge in [0.15, 0.2) is 0 Å². The van der Waals surface area contributed by atoms with Gasteiger partial charge in [-0.25, -0.2) is 4.98 Å². The highest BCUT2D eigenvalue weighted by Gasteiger charge is 2.34. The molecule has 1 aromatic heterocycles. The fourth-order valence-corrected chi connectivity index (χ4v) is 5.84. The molecule has 1 N–H and O–H groups in total. The molecule has 2 aliphatic heterocycles. The van der Waals surface area contributed by atoms with Crippen molar-refractivity contribution in [3.05, 3.63) is 112 Å². The molecule has 2 amide bonds. The molecule has 0 spiro atoms. The number of anilines is 2. The van der Waals surface area contributed by atoms with Crippen LogP contribution in [0.4, 0.5) is 24.7 Å². The van der Waals surface area contributed by atoms with Crippen LogP contribution in [0.25, 0.3) is 11.1 Å². The minimum absolute atomic E-state index is 0.00644. The third kappa shape index (κ3) is 6.21. The monoisotopic (exact) mass is 619 g/mol. The summed E-state index contributed by atoms with van der Waals surface area (Å²) in [6.07, 6.45) is -2.82. The Morgan fingerprint density at radius 1 is 0.795 bits per heavy atom. The molecule has 7 nitrogen and oxygen atoms in total. The van der Waals surface area contributed by atoms with Crippen molar-refractivity contribution in [3.63, 3.8) is 0 Å². The second kappa shape index (κ2) is 12.2. The van der Waals surface area contributed by atoms with Gasteiger partial charge in [0, 0.05) is 73.7 Å². The molecular weight excluding hydrogens is 591 g/mol. The molecule has 0 aliphatic carbocycles. The third-order valence-electron chi connectivity index (χ3n) is 7.93. The number of benzene rings is 3. The van der Waals surface area contributed by atoms with Crippen LogP contribution in [0.2, 0.25) is 5.02 Å². The zero-order valence-corrected chi connectivity index (χ0v) is 24.4. The number of rotatable bonds is 5. The fraction of sp³-hybridized carbons (Fsp3) is 0.242. The van der Waals surface area contributed by atoms with Crippen molar-refractivity contribution in [1.82, 2.24) is 14.8 Å². The van der Waals surface area contributed by atoms with Gasteiger partial charge in [0.25, 0.3) is 11.8 Å². The summed E-state index contributed by atoms with van der Waals surface area (Å²) in [4.78, 5) is 36.2. The Morgan fingerprint density at radius 3 is 2.18 bits per heavy atom. The molecule has 0 saturated carbocycles. The third-order valence-corrected chi connectivity index (χ3v) is 8.17. The molecule has 3 aromatic carbocycles. The zero-order valence-electron chi connectivity index (χ0n) is 23.6. The number of alkyl halides is 3. The number of aromatic nitrogens is 1. The van der Waals surface area contributed by atoms with E-state index < -0.39 is 11.7 Å². The van der Waals surface area contributed by atoms with E-state index in [2.05, 4.69) is 10.3 Å². The molecule has 11 heteroatoms. The first-order valence-electron chi connectivity index (χ1n) is 14.3. The molecule has 1 saturated heterocycles. The van der Waals surface area contributed by atoms with Gasteiger partial charge in [0.2, 0.25) is 0 Å². The highest BCUT2D eigenvalue weighted by atomic mass is 35.5. The van der Waals surface area contributed by atoms with Crippen LogP contribution in [-0.4, -0.2) is 65.9 Å². The lowest BCUT2D eigenvalue weighted by Gasteiger charge is -2.35. The van der Waals surface area contributed by atoms with Crippen LogP contribution in [0, 0.1) is 0 Å². The summed E-state index contributed by atoms with van der Waals surface area (Å²) in [5, 5.41) is 3.45. The lowest BCUT2D eigenvalue weighted by atomic mass is 10.0. The van der Waals surface area contributed by atoms with Gasteiger partial charge in [-0.15, -0.1) is 0 Å². The Balaban J connectivity index is 1.19. The van der Waals surface area contributed by atoms with Gasteiger partial charge in [-0.05, 0) is 59.7 Å². The van der Waals surface area contributed by atoms with E-state index in [-0.39, 0.29) is 28.9 Å². The van der Waals surface area contributed by atoms with Crippen LogP contribution < -0.4 is 10.2 Å². The quantitative estimate of drug-likeness (QED) is 0.278. The number of hydrogen-bond acceptors (Lipinski definition) is 5. The van der Waals surface area contributed by atoms with Crippen molar-refractivity contribution in [3.8, 4) is 11.1 Å². The van der Waals surface area contributed by atoms with Crippen molar-refractivity contribution in [1.29, 1.82) is 0 Å². The molecule has 4 aromatic rings. The number of carbonyl (C=O) groups excluding carboxylic acids is 2. The minimum Gasteiger partial charge on any atom is -0.367 e. The summed E-state index contributed by atoms with van der Waals surface area (Å²) in [6, 6.07) is 21.8. The van der Waals surface area contributed by atoms with E-state index in [1.807, 2.05) is 35.2 Å². The van der Waals surface area contributed by atoms with E-state index in [1.54, 1.807) is 46.3 Å². The van der Waals surface area contributed by atoms with Gasteiger partial charge >= 0.3 is 6.18 Å². The molecular formula is C33H29ClF3N5O2. The Bertz CT molecular complexity index is 1690. The maximum atomic E-state index is 13.7. The summed E-state index contributed by atoms with van der Waals surface area (Å²) in [6.45, 7) is 2.73. The molecule has 226 valence electrons. The lowest BCUT2D eigenvalue weighted by molar-refractivity contribution is -0.138. The van der Waals surface area contributed by atoms with Crippen LogP contribution in [0.15, 0.2) is 85.1 Å². The largest absolute Gasteiger partial charge is 0.416 e. The normalized spacial score (nSPS) is 15.0. The van der Waals surface area contributed by atoms with Crippen molar-refractivity contribution >= 4 is 34.9 Å². The maximum absolute atomic E-state index is 13.7. The smallest absolute Gasteiger partial charge is 0.367 e. The SMILES string of the molecule is O=C(c1ccccc1)N1CCN(C(=O)c2cccc(-c3cnc4c(c3)N(Cc3cc(Cl)ccc3C(F)(F)F)CCN4)c2)CC1. The van der Waals surface area contributed by atoms with E-state index in [1.165, 1.54) is 12.1 Å². The number of piperazine rings is 1. The highest BCUT2D eigenvalue weighted by molar-refractivity contribution is 6.30. The Kier molecular flexibility index (Phi) is 8.18. The number of fused-ring (bicyclic) bond motifs is 1. The number of halogens is 4. The number of amides is 2. The first kappa shape index (κ1) is 29.5. The first-order valence-corrected chi connectivity index (χ1v) is 14.6. The van der Waals surface area contributed by atoms with Gasteiger partial charge in [-0.2, -0.15) is 13.2 Å². The van der Waals surface area contributed by atoms with E-state index in [9.17, 15) is 22.8 Å². The summed E-state index contributed by atoms with van der Waals surface area (Å²) in [5.74, 6) is 0.396. The summed E-state index contributed by atoms with van der Waals surface area (Å²) < 4.78 is 41.2. The summed E-state index contributed by atoms with van der Waals surface area (Å²) in [7, 11) is 0. The van der Waals surface area contributed by atoms with Crippen molar-refractivity contribution < 1.29 is 22.8 Å². The molecule has 2 aliphatic rings. The maximum Gasteiger partial charge on any atom is 0.416 e. The number of carbonyl (C=O) groups is 2. The van der Waals surface area contributed by atoms with E-state index >= 15 is 0 Å². The predicted molar refractivity (Wildman–Crippen MR) is 164 cm³/mol. The zero-order chi connectivity index (χ0) is 30.8. The summed E-state index contributed by atoms with van der Waals surface area (Å²) >= 11 is 6.07. The number of hydrogen-bond donors (Lipinski definition) is 1. The molecule has 0 radical (unpaired) electrons. The first-order chi connectivity index (χ1) is 21.2. The molecule has 44 heavy (non-hydrogen) atoms. The van der Waals surface area contributed by atoms with Crippen molar-refractivity contribution in [2.45, 2.75) is 12.7 Å². The second-order valence-corrected chi connectivity index (χ2v) is 11.2. The standard InChI is InChI=1S/C33H29ClF3N5O2/c34-27-9-10-28(33(35,36)37)26(18-27)21-42-12-11-38-30-29(42)19-25(20-39-30)23-7-4-8-24(17-23)32(44)41-15-13-40(14-16-41)31(43)22-5-2-1-3-6-22/h1-10,17-20H,11-16,21H2,(H,38,39). The van der Waals surface area contributed by atoms with Gasteiger partial charge in [-0.1, -0.05) is 41.9 Å². The minimum atomic E-state index is -4.51. The number of nitrogens with one attached hydrogen (secondary N) is 1. The number of nitrogens with zero attached hydrogens (tertiary/aromatic N) is 4. The van der Waals surface area contributed by atoms with Crippen molar-refractivity contribution in [2.75, 3.05) is 49.5 Å². The Labute approximate surface area is 257 Å². The van der Waals surface area contributed by atoms with Gasteiger partial charge < -0.3 is 20.0 Å². The van der Waals surface area contributed by atoms with Crippen LogP contribution >= 0.6 is 11.6 Å². The van der Waals surface area contributed by atoms with Gasteiger partial charge in [-0.3, -0.25) is 9.59 Å². The van der Waals surface area contributed by atoms with E-state index in [0.717, 1.165) is 17.2 Å². The van der Waals surface area contributed by atoms with Crippen LogP contribution in [0.1, 0.15) is 31.8 Å². The molecule has 0 atom stereocenters. The molecule has 3 heterocycles. The average Bonchev–Trinajstić information content (AvgIpc) is 3.04. The van der Waals surface area contributed by atoms with E-state index in [0.29, 0.717) is 61.9 Å². The second-order valence-electron chi connectivity index (χ2n) is 10.8. The Hall–Kier alpha value is -4.57. The van der Waals surface area contributed by atoms with Crippen LogP contribution in [-0.2, 0) is 12.7 Å². The van der Waals surface area contributed by atoms with Crippen LogP contribution in [0.3, 0.4) is 0 Å². The molecule has 6 rings (SSSR count).